The van der Waals surface area contributed by atoms with Crippen molar-refractivity contribution in [2.45, 2.75) is 77.7 Å². The average Bonchev–Trinajstić information content (AvgIpc) is 3.29. The minimum atomic E-state index is -0.296. The van der Waals surface area contributed by atoms with Gasteiger partial charge in [-0.1, -0.05) is 56.3 Å². The topological polar surface area (TPSA) is 66.5 Å². The predicted octanol–water partition coefficient (Wildman–Crippen LogP) is 6.01. The quantitative estimate of drug-likeness (QED) is 0.496. The molecule has 2 aromatic rings. The molecule has 0 aromatic heterocycles. The van der Waals surface area contributed by atoms with Crippen LogP contribution in [0.3, 0.4) is 0 Å². The molecule has 206 valence electrons. The summed E-state index contributed by atoms with van der Waals surface area (Å²) in [6.07, 6.45) is 8.76. The number of nitrogens with zero attached hydrogens (tertiary/aromatic N) is 1. The summed E-state index contributed by atoms with van der Waals surface area (Å²) < 4.78 is 0. The molecule has 0 spiro atoms. The molecule has 4 aliphatic rings. The van der Waals surface area contributed by atoms with E-state index in [-0.39, 0.29) is 28.6 Å². The molecular formula is C34H42N2O3. The number of hydrogen-bond donors (Lipinski definition) is 1. The summed E-state index contributed by atoms with van der Waals surface area (Å²) in [7, 11) is 2.00. The largest absolute Gasteiger partial charge is 0.342 e. The number of fused-ring (bicyclic) bond motifs is 5. The van der Waals surface area contributed by atoms with Gasteiger partial charge in [0.15, 0.2) is 0 Å². The molecule has 5 nitrogen and oxygen atoms in total. The summed E-state index contributed by atoms with van der Waals surface area (Å²) in [5, 5.41) is 2.78. The van der Waals surface area contributed by atoms with E-state index in [9.17, 15) is 14.4 Å². The monoisotopic (exact) mass is 526 g/mol. The van der Waals surface area contributed by atoms with Crippen molar-refractivity contribution in [1.82, 2.24) is 10.2 Å². The molecule has 2 aromatic carbocycles. The second-order valence-corrected chi connectivity index (χ2v) is 13.3. The Kier molecular flexibility index (Phi) is 6.68. The number of carbonyl (C=O) groups excluding carboxylic acids is 3. The van der Waals surface area contributed by atoms with Crippen molar-refractivity contribution < 1.29 is 14.4 Å². The van der Waals surface area contributed by atoms with E-state index >= 15 is 0 Å². The van der Waals surface area contributed by atoms with Gasteiger partial charge in [-0.3, -0.25) is 19.7 Å². The maximum Gasteiger partial charge on any atom is 0.257 e. The third-order valence-corrected chi connectivity index (χ3v) is 11.6. The number of hydrogen-bond acceptors (Lipinski definition) is 3. The zero-order valence-corrected chi connectivity index (χ0v) is 23.6. The fourth-order valence-electron chi connectivity index (χ4n) is 9.46. The smallest absolute Gasteiger partial charge is 0.257 e. The van der Waals surface area contributed by atoms with Gasteiger partial charge >= 0.3 is 0 Å². The third kappa shape index (κ3) is 4.42. The van der Waals surface area contributed by atoms with Gasteiger partial charge in [0.05, 0.1) is 0 Å². The van der Waals surface area contributed by atoms with E-state index in [4.69, 9.17) is 0 Å². The van der Waals surface area contributed by atoms with E-state index in [1.54, 1.807) is 0 Å². The van der Waals surface area contributed by atoms with Crippen molar-refractivity contribution in [3.05, 3.63) is 71.3 Å². The molecule has 7 atom stereocenters. The molecule has 5 heteroatoms. The standard InChI is InChI=1S/C34H42N2O3/c1-33-19-17-27-25(13-16-29-34(27,2)20-18-30(37)36(29)3)26(33)14-15-28(33)32(39)35-31(38)24-11-9-23(10-12-24)21-22-7-5-4-6-8-22/h4-12,25-29H,13-21H2,1-3H3,(H,35,38,39)/t25-,26-,27-,28+,29+,33-,34+/m0/s1. The second-order valence-electron chi connectivity index (χ2n) is 13.3. The van der Waals surface area contributed by atoms with Crippen LogP contribution in [0.2, 0.25) is 0 Å². The second kappa shape index (κ2) is 9.91. The molecule has 1 saturated heterocycles. The fraction of sp³-hybridized carbons (Fsp3) is 0.559. The van der Waals surface area contributed by atoms with E-state index in [1.807, 2.05) is 54.4 Å². The van der Waals surface area contributed by atoms with Gasteiger partial charge in [0, 0.05) is 31.0 Å². The Morgan fingerprint density at radius 3 is 2.28 bits per heavy atom. The summed E-state index contributed by atoms with van der Waals surface area (Å²) in [5.74, 6) is 1.52. The van der Waals surface area contributed by atoms with Crippen LogP contribution in [0.15, 0.2) is 54.6 Å². The molecule has 4 fully saturated rings. The Labute approximate surface area is 232 Å². The molecular weight excluding hydrogens is 484 g/mol. The van der Waals surface area contributed by atoms with E-state index in [1.165, 1.54) is 5.56 Å². The molecule has 0 unspecified atom stereocenters. The van der Waals surface area contributed by atoms with Gasteiger partial charge in [-0.2, -0.15) is 0 Å². The SMILES string of the molecule is CN1C(=O)CC[C@]2(C)[C@H]3CC[C@]4(C)[C@@H](C(=O)NC(=O)c5ccc(Cc6ccccc6)cc5)CC[C@H]4[C@@H]3CC[C@@H]12. The minimum Gasteiger partial charge on any atom is -0.342 e. The number of likely N-dealkylation sites (tertiary alicyclic amines) is 1. The van der Waals surface area contributed by atoms with Crippen molar-refractivity contribution in [3.63, 3.8) is 0 Å². The number of nitrogens with one attached hydrogen (secondary N) is 1. The summed E-state index contributed by atoms with van der Waals surface area (Å²) in [6.45, 7) is 4.75. The van der Waals surface area contributed by atoms with Crippen LogP contribution in [-0.4, -0.2) is 35.7 Å². The number of benzene rings is 2. The zero-order valence-electron chi connectivity index (χ0n) is 23.6. The first-order valence-corrected chi connectivity index (χ1v) is 14.9. The van der Waals surface area contributed by atoms with E-state index in [2.05, 4.69) is 31.3 Å². The maximum absolute atomic E-state index is 13.6. The van der Waals surface area contributed by atoms with Gasteiger partial charge in [-0.25, -0.2) is 0 Å². The first kappa shape index (κ1) is 26.3. The lowest BCUT2D eigenvalue weighted by Gasteiger charge is -2.61. The molecule has 0 radical (unpaired) electrons. The summed E-state index contributed by atoms with van der Waals surface area (Å²) in [6, 6.07) is 18.2. The Bertz CT molecular complexity index is 1260. The van der Waals surface area contributed by atoms with Gasteiger partial charge in [0.1, 0.15) is 0 Å². The Morgan fingerprint density at radius 2 is 1.54 bits per heavy atom. The first-order valence-electron chi connectivity index (χ1n) is 14.9. The van der Waals surface area contributed by atoms with Crippen molar-refractivity contribution in [2.75, 3.05) is 7.05 Å². The van der Waals surface area contributed by atoms with E-state index in [0.29, 0.717) is 41.7 Å². The summed E-state index contributed by atoms with van der Waals surface area (Å²) >= 11 is 0. The van der Waals surface area contributed by atoms with Crippen LogP contribution in [-0.2, 0) is 16.0 Å². The van der Waals surface area contributed by atoms with E-state index in [0.717, 1.165) is 56.9 Å². The Balaban J connectivity index is 1.12. The average molecular weight is 527 g/mol. The van der Waals surface area contributed by atoms with Crippen LogP contribution in [0.5, 0.6) is 0 Å². The molecule has 3 saturated carbocycles. The number of imide groups is 1. The predicted molar refractivity (Wildman–Crippen MR) is 152 cm³/mol. The molecule has 3 aliphatic carbocycles. The van der Waals surface area contributed by atoms with Crippen molar-refractivity contribution in [1.29, 1.82) is 0 Å². The zero-order chi connectivity index (χ0) is 27.4. The summed E-state index contributed by atoms with van der Waals surface area (Å²) in [5.41, 5.74) is 3.02. The molecule has 1 heterocycles. The number of amides is 3. The molecule has 6 rings (SSSR count). The molecule has 39 heavy (non-hydrogen) atoms. The molecule has 0 bridgehead atoms. The van der Waals surface area contributed by atoms with Crippen LogP contribution in [0.4, 0.5) is 0 Å². The lowest BCUT2D eigenvalue weighted by Crippen LogP contribution is -2.61. The van der Waals surface area contributed by atoms with Gasteiger partial charge in [0.2, 0.25) is 11.8 Å². The highest BCUT2D eigenvalue weighted by molar-refractivity contribution is 6.05. The third-order valence-electron chi connectivity index (χ3n) is 11.6. The summed E-state index contributed by atoms with van der Waals surface area (Å²) in [4.78, 5) is 41.1. The highest BCUT2D eigenvalue weighted by Crippen LogP contribution is 2.66. The first-order chi connectivity index (χ1) is 18.7. The Morgan fingerprint density at radius 1 is 0.846 bits per heavy atom. The number of carbonyl (C=O) groups is 3. The maximum atomic E-state index is 13.6. The highest BCUT2D eigenvalue weighted by Gasteiger charge is 2.62. The van der Waals surface area contributed by atoms with E-state index < -0.39 is 0 Å². The van der Waals surface area contributed by atoms with Gasteiger partial charge in [-0.05, 0) is 103 Å². The molecule has 1 aliphatic heterocycles. The van der Waals surface area contributed by atoms with Crippen LogP contribution in [0.1, 0.15) is 86.7 Å². The lowest BCUT2D eigenvalue weighted by atomic mass is 9.47. The lowest BCUT2D eigenvalue weighted by molar-refractivity contribution is -0.159. The van der Waals surface area contributed by atoms with Crippen molar-refractivity contribution in [2.24, 2.45) is 34.5 Å². The molecule has 1 N–H and O–H groups in total. The van der Waals surface area contributed by atoms with Crippen molar-refractivity contribution in [3.8, 4) is 0 Å². The minimum absolute atomic E-state index is 0.0648. The van der Waals surface area contributed by atoms with Gasteiger partial charge in [0.25, 0.3) is 5.91 Å². The van der Waals surface area contributed by atoms with Crippen LogP contribution in [0, 0.1) is 34.5 Å². The van der Waals surface area contributed by atoms with Crippen LogP contribution in [0.25, 0.3) is 0 Å². The highest BCUT2D eigenvalue weighted by atomic mass is 16.2. The van der Waals surface area contributed by atoms with Crippen LogP contribution < -0.4 is 5.32 Å². The number of rotatable bonds is 4. The molecule has 3 amide bonds. The van der Waals surface area contributed by atoms with Crippen molar-refractivity contribution >= 4 is 17.7 Å². The number of piperidine rings is 1. The van der Waals surface area contributed by atoms with Crippen LogP contribution >= 0.6 is 0 Å². The van der Waals surface area contributed by atoms with Gasteiger partial charge < -0.3 is 4.90 Å². The Hall–Kier alpha value is -2.95. The van der Waals surface area contributed by atoms with Gasteiger partial charge in [-0.15, -0.1) is 0 Å². The normalized spacial score (nSPS) is 35.5. The fourth-order valence-corrected chi connectivity index (χ4v) is 9.46.